The molecule has 0 aliphatic rings. The van der Waals surface area contributed by atoms with E-state index in [9.17, 15) is 15.2 Å². The Morgan fingerprint density at radius 2 is 2.00 bits per heavy atom. The Labute approximate surface area is 130 Å². The van der Waals surface area contributed by atoms with Gasteiger partial charge < -0.3 is 10.4 Å². The molecule has 1 heterocycles. The summed E-state index contributed by atoms with van der Waals surface area (Å²) in [6.45, 7) is -0.198. The third kappa shape index (κ3) is 3.81. The van der Waals surface area contributed by atoms with Crippen molar-refractivity contribution in [3.63, 3.8) is 0 Å². The fourth-order valence-corrected chi connectivity index (χ4v) is 2.07. The Morgan fingerprint density at radius 3 is 2.52 bits per heavy atom. The first-order chi connectivity index (χ1) is 10.0. The average molecular weight is 328 g/mol. The van der Waals surface area contributed by atoms with Gasteiger partial charge in [0.05, 0.1) is 22.6 Å². The van der Waals surface area contributed by atoms with E-state index in [4.69, 9.17) is 23.2 Å². The summed E-state index contributed by atoms with van der Waals surface area (Å²) in [5.41, 5.74) is 0.593. The topological polar surface area (TPSA) is 88.3 Å². The number of nitrogens with zero attached hydrogens (tertiary/aromatic N) is 2. The number of anilines is 1. The average Bonchev–Trinajstić information content (AvgIpc) is 2.47. The molecule has 0 aliphatic heterocycles. The minimum Gasteiger partial charge on any atom is -0.394 e. The molecule has 1 aromatic carbocycles. The summed E-state index contributed by atoms with van der Waals surface area (Å²) in [5, 5.41) is 23.7. The molecule has 0 radical (unpaired) electrons. The lowest BCUT2D eigenvalue weighted by Crippen LogP contribution is -2.16. The molecule has 0 saturated heterocycles. The van der Waals surface area contributed by atoms with Crippen molar-refractivity contribution < 1.29 is 10.0 Å². The second kappa shape index (κ2) is 6.71. The van der Waals surface area contributed by atoms with Gasteiger partial charge in [0.2, 0.25) is 0 Å². The van der Waals surface area contributed by atoms with E-state index < -0.39 is 11.0 Å². The maximum atomic E-state index is 10.6. The first-order valence-electron chi connectivity index (χ1n) is 5.94. The molecule has 2 aromatic rings. The van der Waals surface area contributed by atoms with Crippen LogP contribution in [0.3, 0.4) is 0 Å². The molecule has 6 nitrogen and oxygen atoms in total. The number of aliphatic hydroxyl groups is 1. The van der Waals surface area contributed by atoms with E-state index in [1.807, 2.05) is 0 Å². The van der Waals surface area contributed by atoms with Crippen LogP contribution in [0.4, 0.5) is 11.5 Å². The van der Waals surface area contributed by atoms with Crippen LogP contribution in [0.5, 0.6) is 0 Å². The summed E-state index contributed by atoms with van der Waals surface area (Å²) in [5.74, 6) is 0.260. The number of rotatable bonds is 5. The van der Waals surface area contributed by atoms with E-state index in [2.05, 4.69) is 10.3 Å². The van der Waals surface area contributed by atoms with Crippen molar-refractivity contribution >= 4 is 34.7 Å². The molecule has 1 aromatic heterocycles. The van der Waals surface area contributed by atoms with E-state index in [1.54, 1.807) is 24.3 Å². The molecule has 1 unspecified atom stereocenters. The zero-order valence-corrected chi connectivity index (χ0v) is 12.2. The first kappa shape index (κ1) is 15.5. The minimum absolute atomic E-state index is 0.108. The molecule has 0 aliphatic carbocycles. The molecule has 0 fully saturated rings. The number of pyridine rings is 1. The minimum atomic E-state index is -0.578. The number of hydrogen-bond donors (Lipinski definition) is 2. The van der Waals surface area contributed by atoms with Gasteiger partial charge in [-0.15, -0.1) is 0 Å². The monoisotopic (exact) mass is 327 g/mol. The van der Waals surface area contributed by atoms with E-state index in [0.717, 1.165) is 11.8 Å². The van der Waals surface area contributed by atoms with Gasteiger partial charge in [-0.05, 0) is 17.7 Å². The second-order valence-corrected chi connectivity index (χ2v) is 5.06. The summed E-state index contributed by atoms with van der Waals surface area (Å²) in [6.07, 6.45) is 1.10. The highest BCUT2D eigenvalue weighted by Crippen LogP contribution is 2.27. The Kier molecular flexibility index (Phi) is 4.95. The Bertz CT molecular complexity index is 650. The van der Waals surface area contributed by atoms with Gasteiger partial charge in [0, 0.05) is 11.1 Å². The highest BCUT2D eigenvalue weighted by atomic mass is 35.5. The number of aromatic nitrogens is 1. The molecule has 8 heteroatoms. The normalized spacial score (nSPS) is 12.0. The van der Waals surface area contributed by atoms with Crippen molar-refractivity contribution in [2.75, 3.05) is 11.9 Å². The molecular weight excluding hydrogens is 317 g/mol. The molecule has 0 bridgehead atoms. The number of hydrogen-bond acceptors (Lipinski definition) is 5. The second-order valence-electron chi connectivity index (χ2n) is 4.21. The maximum absolute atomic E-state index is 10.6. The van der Waals surface area contributed by atoms with Gasteiger partial charge in [0.25, 0.3) is 5.69 Å². The largest absolute Gasteiger partial charge is 0.394 e. The van der Waals surface area contributed by atoms with Gasteiger partial charge in [-0.2, -0.15) is 0 Å². The van der Waals surface area contributed by atoms with Crippen LogP contribution in [0.1, 0.15) is 11.6 Å². The number of aliphatic hydroxyl groups excluding tert-OH is 1. The van der Waals surface area contributed by atoms with Gasteiger partial charge in [0.1, 0.15) is 12.0 Å². The van der Waals surface area contributed by atoms with Crippen molar-refractivity contribution in [3.05, 3.63) is 62.3 Å². The van der Waals surface area contributed by atoms with Crippen LogP contribution in [-0.4, -0.2) is 21.6 Å². The Hall–Kier alpha value is -1.89. The zero-order valence-electron chi connectivity index (χ0n) is 10.7. The van der Waals surface area contributed by atoms with Crippen LogP contribution in [-0.2, 0) is 0 Å². The molecule has 110 valence electrons. The van der Waals surface area contributed by atoms with E-state index in [-0.39, 0.29) is 23.1 Å². The van der Waals surface area contributed by atoms with Crippen molar-refractivity contribution in [2.24, 2.45) is 0 Å². The summed E-state index contributed by atoms with van der Waals surface area (Å²) < 4.78 is 0. The van der Waals surface area contributed by atoms with Crippen LogP contribution in [0.2, 0.25) is 10.0 Å². The third-order valence-corrected chi connectivity index (χ3v) is 3.34. The summed E-state index contributed by atoms with van der Waals surface area (Å²) >= 11 is 11.8. The van der Waals surface area contributed by atoms with E-state index in [1.165, 1.54) is 6.07 Å². The van der Waals surface area contributed by atoms with Crippen LogP contribution in [0.15, 0.2) is 36.5 Å². The van der Waals surface area contributed by atoms with Gasteiger partial charge in [-0.3, -0.25) is 10.1 Å². The number of nitro groups is 1. The molecular formula is C13H11Cl2N3O3. The fraction of sp³-hybridized carbons (Fsp3) is 0.154. The first-order valence-corrected chi connectivity index (χ1v) is 6.69. The standard InChI is InChI=1S/C13H11Cl2N3O3/c14-9-3-1-8(2-4-9)12(7-19)17-13-11(15)5-10(6-16-13)18(20)21/h1-6,12,19H,7H2,(H,16,17). The molecule has 21 heavy (non-hydrogen) atoms. The molecule has 0 amide bonds. The summed E-state index contributed by atoms with van der Waals surface area (Å²) in [4.78, 5) is 14.0. The molecule has 1 atom stereocenters. The van der Waals surface area contributed by atoms with Crippen molar-refractivity contribution in [1.82, 2.24) is 4.98 Å². The predicted molar refractivity (Wildman–Crippen MR) is 80.8 cm³/mol. The quantitative estimate of drug-likeness (QED) is 0.648. The number of benzene rings is 1. The van der Waals surface area contributed by atoms with Crippen LogP contribution < -0.4 is 5.32 Å². The van der Waals surface area contributed by atoms with Crippen molar-refractivity contribution in [3.8, 4) is 0 Å². The lowest BCUT2D eigenvalue weighted by molar-refractivity contribution is -0.385. The van der Waals surface area contributed by atoms with Crippen LogP contribution >= 0.6 is 23.2 Å². The number of halogens is 2. The Morgan fingerprint density at radius 1 is 1.33 bits per heavy atom. The maximum Gasteiger partial charge on any atom is 0.289 e. The summed E-state index contributed by atoms with van der Waals surface area (Å²) in [7, 11) is 0. The molecule has 0 spiro atoms. The highest BCUT2D eigenvalue weighted by molar-refractivity contribution is 6.33. The highest BCUT2D eigenvalue weighted by Gasteiger charge is 2.15. The molecule has 2 N–H and O–H groups in total. The Balaban J connectivity index is 2.22. The molecule has 0 saturated carbocycles. The van der Waals surface area contributed by atoms with Crippen molar-refractivity contribution in [1.29, 1.82) is 0 Å². The van der Waals surface area contributed by atoms with Gasteiger partial charge >= 0.3 is 0 Å². The zero-order chi connectivity index (χ0) is 15.4. The molecule has 2 rings (SSSR count). The lowest BCUT2D eigenvalue weighted by atomic mass is 10.1. The third-order valence-electron chi connectivity index (χ3n) is 2.80. The van der Waals surface area contributed by atoms with Crippen LogP contribution in [0.25, 0.3) is 0 Å². The number of nitrogens with one attached hydrogen (secondary N) is 1. The lowest BCUT2D eigenvalue weighted by Gasteiger charge is -2.18. The fourth-order valence-electron chi connectivity index (χ4n) is 1.73. The van der Waals surface area contributed by atoms with E-state index >= 15 is 0 Å². The van der Waals surface area contributed by atoms with Crippen LogP contribution in [0, 0.1) is 10.1 Å². The van der Waals surface area contributed by atoms with Gasteiger partial charge in [-0.25, -0.2) is 4.98 Å². The van der Waals surface area contributed by atoms with E-state index in [0.29, 0.717) is 5.02 Å². The van der Waals surface area contributed by atoms with Gasteiger partial charge in [0.15, 0.2) is 0 Å². The smallest absolute Gasteiger partial charge is 0.289 e. The van der Waals surface area contributed by atoms with Gasteiger partial charge in [-0.1, -0.05) is 35.3 Å². The SMILES string of the molecule is O=[N+]([O-])c1cnc(NC(CO)c2ccc(Cl)cc2)c(Cl)c1. The van der Waals surface area contributed by atoms with Crippen molar-refractivity contribution in [2.45, 2.75) is 6.04 Å². The predicted octanol–water partition coefficient (Wildman–Crippen LogP) is 3.44. The summed E-state index contributed by atoms with van der Waals surface area (Å²) in [6, 6.07) is 7.67.